The van der Waals surface area contributed by atoms with Crippen molar-refractivity contribution < 1.29 is 0 Å². The second kappa shape index (κ2) is 6.02. The van der Waals surface area contributed by atoms with Crippen LogP contribution in [0.5, 0.6) is 0 Å². The molecule has 2 atom stereocenters. The van der Waals surface area contributed by atoms with Gasteiger partial charge in [0, 0.05) is 0 Å². The van der Waals surface area contributed by atoms with Crippen LogP contribution in [0.15, 0.2) is 60.7 Å². The Bertz CT molecular complexity index is 603. The summed E-state index contributed by atoms with van der Waals surface area (Å²) in [6, 6.07) is 20.6. The van der Waals surface area contributed by atoms with Crippen LogP contribution in [0.3, 0.4) is 0 Å². The maximum absolute atomic E-state index is 7.27. The monoisotopic (exact) mass is 324 g/mol. The number of hydrogen-bond donors (Lipinski definition) is 2. The molecule has 0 fully saturated rings. The van der Waals surface area contributed by atoms with Gasteiger partial charge in [-0.05, 0) is 22.0 Å². The standard InChI is InChI=1S/C22H32N2/c1-19(2,3)21(23,17-13-9-7-10-14-17)22(24,20(4,5)6)18-15-11-8-12-16-18/h7-16H,23-24H2,1-6H3. The van der Waals surface area contributed by atoms with Gasteiger partial charge in [0.05, 0.1) is 11.1 Å². The first-order valence-electron chi connectivity index (χ1n) is 8.65. The molecule has 0 saturated heterocycles. The Morgan fingerprint density at radius 1 is 0.500 bits per heavy atom. The van der Waals surface area contributed by atoms with Crippen molar-refractivity contribution in [2.24, 2.45) is 22.3 Å². The zero-order valence-electron chi connectivity index (χ0n) is 15.9. The lowest BCUT2D eigenvalue weighted by atomic mass is 9.50. The van der Waals surface area contributed by atoms with Crippen LogP contribution in [-0.2, 0) is 11.1 Å². The number of benzene rings is 2. The molecule has 2 rings (SSSR count). The van der Waals surface area contributed by atoms with Crippen molar-refractivity contribution in [1.29, 1.82) is 0 Å². The molecule has 2 aromatic rings. The molecule has 130 valence electrons. The molecule has 4 N–H and O–H groups in total. The van der Waals surface area contributed by atoms with E-state index in [4.69, 9.17) is 11.5 Å². The Kier molecular flexibility index (Phi) is 4.69. The highest BCUT2D eigenvalue weighted by atomic mass is 15.0. The van der Waals surface area contributed by atoms with Gasteiger partial charge in [-0.2, -0.15) is 0 Å². The molecule has 24 heavy (non-hydrogen) atoms. The summed E-state index contributed by atoms with van der Waals surface area (Å²) in [4.78, 5) is 0. The van der Waals surface area contributed by atoms with Crippen LogP contribution < -0.4 is 11.5 Å². The molecule has 0 bridgehead atoms. The zero-order valence-corrected chi connectivity index (χ0v) is 15.9. The lowest BCUT2D eigenvalue weighted by Gasteiger charge is -2.59. The van der Waals surface area contributed by atoms with E-state index in [-0.39, 0.29) is 10.8 Å². The molecular formula is C22H32N2. The van der Waals surface area contributed by atoms with Gasteiger partial charge in [0.25, 0.3) is 0 Å². The van der Waals surface area contributed by atoms with Crippen LogP contribution in [0, 0.1) is 10.8 Å². The van der Waals surface area contributed by atoms with E-state index in [0.717, 1.165) is 11.1 Å². The lowest BCUT2D eigenvalue weighted by molar-refractivity contribution is 0.00129. The van der Waals surface area contributed by atoms with Crippen LogP contribution >= 0.6 is 0 Å². The summed E-state index contributed by atoms with van der Waals surface area (Å²) in [5, 5.41) is 0. The summed E-state index contributed by atoms with van der Waals surface area (Å²) >= 11 is 0. The topological polar surface area (TPSA) is 52.0 Å². The average molecular weight is 325 g/mol. The molecular weight excluding hydrogens is 292 g/mol. The van der Waals surface area contributed by atoms with Gasteiger partial charge in [0.15, 0.2) is 0 Å². The minimum atomic E-state index is -0.749. The van der Waals surface area contributed by atoms with Gasteiger partial charge in [-0.1, -0.05) is 102 Å². The van der Waals surface area contributed by atoms with Gasteiger partial charge >= 0.3 is 0 Å². The summed E-state index contributed by atoms with van der Waals surface area (Å²) in [6.45, 7) is 13.1. The van der Waals surface area contributed by atoms with Crippen molar-refractivity contribution in [3.63, 3.8) is 0 Å². The third-order valence-electron chi connectivity index (χ3n) is 5.45. The van der Waals surface area contributed by atoms with Crippen molar-refractivity contribution in [2.45, 2.75) is 52.6 Å². The Morgan fingerprint density at radius 2 is 0.750 bits per heavy atom. The van der Waals surface area contributed by atoms with E-state index in [1.807, 2.05) is 36.4 Å². The van der Waals surface area contributed by atoms with Crippen LogP contribution in [0.4, 0.5) is 0 Å². The molecule has 0 aliphatic rings. The average Bonchev–Trinajstić information content (AvgIpc) is 2.52. The van der Waals surface area contributed by atoms with Crippen molar-refractivity contribution >= 4 is 0 Å². The third kappa shape index (κ3) is 2.68. The maximum atomic E-state index is 7.27. The molecule has 0 saturated carbocycles. The molecule has 0 aliphatic carbocycles. The maximum Gasteiger partial charge on any atom is 0.0688 e. The Morgan fingerprint density at radius 3 is 0.958 bits per heavy atom. The predicted octanol–water partition coefficient (Wildman–Crippen LogP) is 4.79. The number of hydrogen-bond acceptors (Lipinski definition) is 2. The summed E-state index contributed by atoms with van der Waals surface area (Å²) in [5.41, 5.74) is 14.7. The van der Waals surface area contributed by atoms with Crippen LogP contribution in [-0.4, -0.2) is 0 Å². The normalized spacial score (nSPS) is 17.8. The summed E-state index contributed by atoms with van der Waals surface area (Å²) in [7, 11) is 0. The van der Waals surface area contributed by atoms with Gasteiger partial charge in [-0.3, -0.25) is 0 Å². The summed E-state index contributed by atoms with van der Waals surface area (Å²) in [6.07, 6.45) is 0. The lowest BCUT2D eigenvalue weighted by Crippen LogP contribution is -2.71. The predicted molar refractivity (Wildman–Crippen MR) is 104 cm³/mol. The molecule has 0 aromatic heterocycles. The Balaban J connectivity index is 2.88. The van der Waals surface area contributed by atoms with Crippen LogP contribution in [0.1, 0.15) is 52.7 Å². The molecule has 0 heterocycles. The first-order chi connectivity index (χ1) is 11.0. The van der Waals surface area contributed by atoms with Gasteiger partial charge in [-0.25, -0.2) is 0 Å². The molecule has 0 radical (unpaired) electrons. The molecule has 0 amide bonds. The van der Waals surface area contributed by atoms with Crippen molar-refractivity contribution in [3.05, 3.63) is 71.8 Å². The SMILES string of the molecule is CC(C)(C)C(N)(c1ccccc1)C(N)(c1ccccc1)C(C)(C)C. The summed E-state index contributed by atoms with van der Waals surface area (Å²) < 4.78 is 0. The second-order valence-corrected chi connectivity index (χ2v) is 8.85. The fourth-order valence-corrected chi connectivity index (χ4v) is 3.91. The van der Waals surface area contributed by atoms with Gasteiger partial charge in [-0.15, -0.1) is 0 Å². The van der Waals surface area contributed by atoms with Crippen molar-refractivity contribution in [2.75, 3.05) is 0 Å². The minimum absolute atomic E-state index is 0.244. The molecule has 2 nitrogen and oxygen atoms in total. The Labute approximate surface area is 147 Å². The minimum Gasteiger partial charge on any atom is -0.319 e. The van der Waals surface area contributed by atoms with Crippen molar-refractivity contribution in [1.82, 2.24) is 0 Å². The number of rotatable bonds is 3. The highest BCUT2D eigenvalue weighted by molar-refractivity contribution is 5.40. The van der Waals surface area contributed by atoms with E-state index in [0.29, 0.717) is 0 Å². The largest absolute Gasteiger partial charge is 0.319 e. The van der Waals surface area contributed by atoms with E-state index in [1.165, 1.54) is 0 Å². The summed E-state index contributed by atoms with van der Waals surface area (Å²) in [5.74, 6) is 0. The molecule has 2 unspecified atom stereocenters. The van der Waals surface area contributed by atoms with E-state index in [1.54, 1.807) is 0 Å². The van der Waals surface area contributed by atoms with Crippen LogP contribution in [0.2, 0.25) is 0 Å². The van der Waals surface area contributed by atoms with E-state index in [2.05, 4.69) is 65.8 Å². The quantitative estimate of drug-likeness (QED) is 0.853. The molecule has 2 aromatic carbocycles. The van der Waals surface area contributed by atoms with E-state index >= 15 is 0 Å². The van der Waals surface area contributed by atoms with E-state index in [9.17, 15) is 0 Å². The zero-order chi connectivity index (χ0) is 18.2. The fourth-order valence-electron chi connectivity index (χ4n) is 3.91. The van der Waals surface area contributed by atoms with Crippen molar-refractivity contribution in [3.8, 4) is 0 Å². The number of nitrogens with two attached hydrogens (primary N) is 2. The second-order valence-electron chi connectivity index (χ2n) is 8.85. The van der Waals surface area contributed by atoms with Gasteiger partial charge in [0.2, 0.25) is 0 Å². The Hall–Kier alpha value is -1.64. The van der Waals surface area contributed by atoms with Gasteiger partial charge in [0.1, 0.15) is 0 Å². The fraction of sp³-hybridized carbons (Fsp3) is 0.455. The third-order valence-corrected chi connectivity index (χ3v) is 5.45. The highest BCUT2D eigenvalue weighted by Crippen LogP contribution is 2.55. The van der Waals surface area contributed by atoms with Gasteiger partial charge < -0.3 is 11.5 Å². The first-order valence-corrected chi connectivity index (χ1v) is 8.65. The van der Waals surface area contributed by atoms with Crippen LogP contribution in [0.25, 0.3) is 0 Å². The van der Waals surface area contributed by atoms with E-state index < -0.39 is 11.1 Å². The highest BCUT2D eigenvalue weighted by Gasteiger charge is 2.60. The first kappa shape index (κ1) is 18.7. The molecule has 2 heteroatoms. The molecule has 0 spiro atoms. The smallest absolute Gasteiger partial charge is 0.0688 e. The molecule has 0 aliphatic heterocycles.